The van der Waals surface area contributed by atoms with E-state index >= 15 is 0 Å². The molecule has 0 aliphatic rings. The van der Waals surface area contributed by atoms with E-state index in [1.54, 1.807) is 0 Å². The van der Waals surface area contributed by atoms with Crippen LogP contribution in [0, 0.1) is 5.82 Å². The topological polar surface area (TPSA) is 46.2 Å². The summed E-state index contributed by atoms with van der Waals surface area (Å²) in [4.78, 5) is -0.159. The molecule has 0 atom stereocenters. The Labute approximate surface area is 132 Å². The predicted molar refractivity (Wildman–Crippen MR) is 76.4 cm³/mol. The van der Waals surface area contributed by atoms with Crippen LogP contribution in [0.3, 0.4) is 0 Å². The number of rotatable bonds is 3. The number of alkyl halides is 3. The first kappa shape index (κ1) is 16.8. The van der Waals surface area contributed by atoms with Crippen LogP contribution in [-0.4, -0.2) is 8.42 Å². The van der Waals surface area contributed by atoms with E-state index in [0.29, 0.717) is 16.6 Å². The van der Waals surface area contributed by atoms with Crippen molar-refractivity contribution >= 4 is 31.6 Å². The van der Waals surface area contributed by atoms with Gasteiger partial charge in [0, 0.05) is 4.47 Å². The number of halogens is 5. The summed E-state index contributed by atoms with van der Waals surface area (Å²) in [6, 6.07) is 6.93. The zero-order valence-electron chi connectivity index (χ0n) is 10.7. The van der Waals surface area contributed by atoms with Gasteiger partial charge in [0.1, 0.15) is 5.82 Å². The minimum Gasteiger partial charge on any atom is -0.280 e. The van der Waals surface area contributed by atoms with E-state index in [1.165, 1.54) is 24.3 Å². The van der Waals surface area contributed by atoms with E-state index in [1.807, 2.05) is 4.72 Å². The maximum Gasteiger partial charge on any atom is 0.416 e. The molecule has 0 saturated carbocycles. The normalized spacial score (nSPS) is 12.2. The van der Waals surface area contributed by atoms with Crippen LogP contribution in [-0.2, 0) is 16.2 Å². The second-order valence-corrected chi connectivity index (χ2v) is 6.88. The van der Waals surface area contributed by atoms with Gasteiger partial charge in [-0.25, -0.2) is 12.8 Å². The van der Waals surface area contributed by atoms with Crippen molar-refractivity contribution in [3.05, 3.63) is 58.3 Å². The number of anilines is 1. The van der Waals surface area contributed by atoms with Crippen LogP contribution in [0.2, 0.25) is 0 Å². The van der Waals surface area contributed by atoms with E-state index in [0.717, 1.165) is 0 Å². The fraction of sp³-hybridized carbons (Fsp3) is 0.0769. The molecule has 0 saturated heterocycles. The van der Waals surface area contributed by atoms with Gasteiger partial charge in [-0.1, -0.05) is 15.9 Å². The van der Waals surface area contributed by atoms with Crippen LogP contribution in [0.5, 0.6) is 0 Å². The lowest BCUT2D eigenvalue weighted by atomic mass is 10.2. The maximum atomic E-state index is 13.2. The Kier molecular flexibility index (Phi) is 4.48. The quantitative estimate of drug-likeness (QED) is 0.779. The van der Waals surface area contributed by atoms with Crippen molar-refractivity contribution in [2.45, 2.75) is 11.1 Å². The third-order valence-corrected chi connectivity index (χ3v) is 4.53. The fourth-order valence-electron chi connectivity index (χ4n) is 1.64. The van der Waals surface area contributed by atoms with Crippen molar-refractivity contribution in [3.63, 3.8) is 0 Å². The van der Waals surface area contributed by atoms with Crippen molar-refractivity contribution in [2.24, 2.45) is 0 Å². The lowest BCUT2D eigenvalue weighted by Crippen LogP contribution is -2.14. The Morgan fingerprint density at radius 3 is 2.14 bits per heavy atom. The summed E-state index contributed by atoms with van der Waals surface area (Å²) in [6.45, 7) is 0. The first-order chi connectivity index (χ1) is 10.1. The van der Waals surface area contributed by atoms with Crippen LogP contribution in [0.25, 0.3) is 0 Å². The van der Waals surface area contributed by atoms with Crippen LogP contribution in [0.1, 0.15) is 5.56 Å². The Bertz CT molecular complexity index is 789. The van der Waals surface area contributed by atoms with Crippen molar-refractivity contribution < 1.29 is 26.0 Å². The summed E-state index contributed by atoms with van der Waals surface area (Å²) in [5.74, 6) is -1.19. The van der Waals surface area contributed by atoms with Gasteiger partial charge in [-0.15, -0.1) is 0 Å². The molecule has 118 valence electrons. The van der Waals surface area contributed by atoms with E-state index in [9.17, 15) is 26.0 Å². The summed E-state index contributed by atoms with van der Waals surface area (Å²) in [7, 11) is -4.11. The highest BCUT2D eigenvalue weighted by atomic mass is 79.9. The molecule has 0 radical (unpaired) electrons. The standard InChI is InChI=1S/C13H8BrF4NO2S/c14-9-1-3-12(4-2-9)22(20,21)19-11-6-8(13(16,17)18)5-10(15)7-11/h1-7,19H. The van der Waals surface area contributed by atoms with Crippen LogP contribution in [0.4, 0.5) is 23.2 Å². The summed E-state index contributed by atoms with van der Waals surface area (Å²) in [5, 5.41) is 0. The van der Waals surface area contributed by atoms with E-state index in [4.69, 9.17) is 0 Å². The van der Waals surface area contributed by atoms with E-state index in [-0.39, 0.29) is 11.0 Å². The first-order valence-corrected chi connectivity index (χ1v) is 8.02. The van der Waals surface area contributed by atoms with Gasteiger partial charge in [0.25, 0.3) is 10.0 Å². The van der Waals surface area contributed by atoms with E-state index in [2.05, 4.69) is 15.9 Å². The molecule has 2 rings (SSSR count). The Hall–Kier alpha value is -1.61. The summed E-state index contributed by atoms with van der Waals surface area (Å²) in [6.07, 6.45) is -4.78. The molecule has 9 heteroatoms. The third kappa shape index (κ3) is 3.98. The minimum atomic E-state index is -4.78. The third-order valence-electron chi connectivity index (χ3n) is 2.60. The van der Waals surface area contributed by atoms with Crippen LogP contribution in [0.15, 0.2) is 51.8 Å². The monoisotopic (exact) mass is 397 g/mol. The Morgan fingerprint density at radius 1 is 1.00 bits per heavy atom. The van der Waals surface area contributed by atoms with Gasteiger partial charge in [-0.05, 0) is 42.5 Å². The Balaban J connectivity index is 2.38. The molecule has 3 nitrogen and oxygen atoms in total. The largest absolute Gasteiger partial charge is 0.416 e. The number of nitrogens with one attached hydrogen (secondary N) is 1. The maximum absolute atomic E-state index is 13.2. The fourth-order valence-corrected chi connectivity index (χ4v) is 2.94. The summed E-state index contributed by atoms with van der Waals surface area (Å²) < 4.78 is 77.7. The van der Waals surface area contributed by atoms with Gasteiger partial charge >= 0.3 is 6.18 Å². The molecule has 0 aliphatic carbocycles. The first-order valence-electron chi connectivity index (χ1n) is 5.74. The Morgan fingerprint density at radius 2 is 1.59 bits per heavy atom. The van der Waals surface area contributed by atoms with Crippen molar-refractivity contribution in [3.8, 4) is 0 Å². The van der Waals surface area contributed by atoms with Crippen LogP contribution < -0.4 is 4.72 Å². The van der Waals surface area contributed by atoms with Crippen molar-refractivity contribution in [1.82, 2.24) is 0 Å². The molecule has 2 aromatic rings. The van der Waals surface area contributed by atoms with Gasteiger partial charge < -0.3 is 0 Å². The van der Waals surface area contributed by atoms with Crippen molar-refractivity contribution in [2.75, 3.05) is 4.72 Å². The van der Waals surface area contributed by atoms with Gasteiger partial charge in [0.2, 0.25) is 0 Å². The molecule has 0 amide bonds. The molecule has 22 heavy (non-hydrogen) atoms. The average Bonchev–Trinajstić information content (AvgIpc) is 2.36. The SMILES string of the molecule is O=S(=O)(Nc1cc(F)cc(C(F)(F)F)c1)c1ccc(Br)cc1. The van der Waals surface area contributed by atoms with Gasteiger partial charge in [0.15, 0.2) is 0 Å². The molecule has 0 spiro atoms. The second-order valence-electron chi connectivity index (χ2n) is 4.29. The minimum absolute atomic E-state index is 0.159. The molecular weight excluding hydrogens is 390 g/mol. The molecule has 0 bridgehead atoms. The molecule has 0 unspecified atom stereocenters. The smallest absolute Gasteiger partial charge is 0.280 e. The zero-order chi connectivity index (χ0) is 16.5. The molecule has 1 N–H and O–H groups in total. The average molecular weight is 398 g/mol. The highest BCUT2D eigenvalue weighted by molar-refractivity contribution is 9.10. The molecule has 0 fully saturated rings. The molecule has 0 aromatic heterocycles. The van der Waals surface area contributed by atoms with E-state index < -0.39 is 33.3 Å². The lowest BCUT2D eigenvalue weighted by Gasteiger charge is -2.12. The number of benzene rings is 2. The number of hydrogen-bond acceptors (Lipinski definition) is 2. The summed E-state index contributed by atoms with van der Waals surface area (Å²) in [5.41, 5.74) is -1.78. The van der Waals surface area contributed by atoms with Gasteiger partial charge in [-0.2, -0.15) is 13.2 Å². The van der Waals surface area contributed by atoms with Crippen molar-refractivity contribution in [1.29, 1.82) is 0 Å². The van der Waals surface area contributed by atoms with Gasteiger partial charge in [-0.3, -0.25) is 4.72 Å². The molecule has 0 aliphatic heterocycles. The lowest BCUT2D eigenvalue weighted by molar-refractivity contribution is -0.137. The summed E-state index contributed by atoms with van der Waals surface area (Å²) >= 11 is 3.13. The second kappa shape index (κ2) is 5.88. The van der Waals surface area contributed by atoms with Crippen LogP contribution >= 0.6 is 15.9 Å². The highest BCUT2D eigenvalue weighted by Gasteiger charge is 2.31. The predicted octanol–water partition coefficient (Wildman–Crippen LogP) is 4.41. The van der Waals surface area contributed by atoms with Gasteiger partial charge in [0.05, 0.1) is 16.1 Å². The highest BCUT2D eigenvalue weighted by Crippen LogP contribution is 2.32. The molecular formula is C13H8BrF4NO2S. The number of sulfonamides is 1. The zero-order valence-corrected chi connectivity index (χ0v) is 13.1. The number of hydrogen-bond donors (Lipinski definition) is 1. The molecule has 0 heterocycles. The molecule has 2 aromatic carbocycles.